The molecule has 1 saturated heterocycles. The topological polar surface area (TPSA) is 49.4 Å². The van der Waals surface area contributed by atoms with E-state index in [1.165, 1.54) is 5.56 Å². The monoisotopic (exact) mass is 396 g/mol. The summed E-state index contributed by atoms with van der Waals surface area (Å²) in [6, 6.07) is 16.1. The van der Waals surface area contributed by atoms with E-state index in [-0.39, 0.29) is 17.2 Å². The molecule has 1 aliphatic rings. The van der Waals surface area contributed by atoms with Crippen LogP contribution in [0.5, 0.6) is 0 Å². The number of thioether (sulfide) groups is 1. The van der Waals surface area contributed by atoms with E-state index >= 15 is 0 Å². The third-order valence-corrected chi connectivity index (χ3v) is 6.13. The van der Waals surface area contributed by atoms with Gasteiger partial charge in [-0.25, -0.2) is 0 Å². The molecule has 2 aromatic rings. The van der Waals surface area contributed by atoms with Crippen molar-refractivity contribution in [2.24, 2.45) is 0 Å². The fourth-order valence-corrected chi connectivity index (χ4v) is 4.47. The molecule has 2 amide bonds. The molecule has 0 aliphatic carbocycles. The highest BCUT2D eigenvalue weighted by atomic mass is 32.2. The van der Waals surface area contributed by atoms with Crippen LogP contribution < -0.4 is 10.2 Å². The summed E-state index contributed by atoms with van der Waals surface area (Å²) in [6.07, 6.45) is 2.42. The molecular formula is C23H28N2O2S. The minimum atomic E-state index is -0.0788. The molecule has 4 nitrogen and oxygen atoms in total. The minimum Gasteiger partial charge on any atom is -0.326 e. The van der Waals surface area contributed by atoms with E-state index in [1.54, 1.807) is 11.8 Å². The first-order valence-electron chi connectivity index (χ1n) is 9.93. The molecule has 0 bridgehead atoms. The van der Waals surface area contributed by atoms with Gasteiger partial charge in [0.2, 0.25) is 11.8 Å². The highest BCUT2D eigenvalue weighted by Crippen LogP contribution is 2.42. The van der Waals surface area contributed by atoms with Crippen molar-refractivity contribution >= 4 is 35.0 Å². The van der Waals surface area contributed by atoms with Crippen LogP contribution in [0.25, 0.3) is 0 Å². The Kier molecular flexibility index (Phi) is 6.79. The lowest BCUT2D eigenvalue weighted by Gasteiger charge is -2.25. The largest absolute Gasteiger partial charge is 0.326 e. The number of amides is 2. The molecule has 1 aliphatic heterocycles. The van der Waals surface area contributed by atoms with Crippen LogP contribution >= 0.6 is 11.8 Å². The van der Waals surface area contributed by atoms with Gasteiger partial charge in [0.15, 0.2) is 0 Å². The Morgan fingerprint density at radius 1 is 1.21 bits per heavy atom. The molecule has 3 rings (SSSR count). The van der Waals surface area contributed by atoms with Gasteiger partial charge in [0, 0.05) is 17.8 Å². The standard InChI is InChI=1S/C23H28N2O2S/c1-4-5-9-21(26)24-19-8-6-7-18(14-19)23-25(22(27)15-28-23)20-12-10-17(11-13-20)16(2)3/h6-8,10-14,16,23H,4-5,9,15H2,1-3H3,(H,24,26)/t23-/m1/s1. The van der Waals surface area contributed by atoms with Gasteiger partial charge in [0.25, 0.3) is 0 Å². The van der Waals surface area contributed by atoms with Gasteiger partial charge in [0.05, 0.1) is 5.75 Å². The maximum absolute atomic E-state index is 12.6. The van der Waals surface area contributed by atoms with E-state index in [1.807, 2.05) is 41.3 Å². The smallest absolute Gasteiger partial charge is 0.238 e. The van der Waals surface area contributed by atoms with Crippen molar-refractivity contribution in [3.8, 4) is 0 Å². The Bertz CT molecular complexity index is 833. The van der Waals surface area contributed by atoms with Crippen molar-refractivity contribution < 1.29 is 9.59 Å². The predicted molar refractivity (Wildman–Crippen MR) is 118 cm³/mol. The lowest BCUT2D eigenvalue weighted by atomic mass is 10.0. The second-order valence-electron chi connectivity index (χ2n) is 7.45. The molecule has 28 heavy (non-hydrogen) atoms. The van der Waals surface area contributed by atoms with Gasteiger partial charge in [-0.1, -0.05) is 51.5 Å². The lowest BCUT2D eigenvalue weighted by Crippen LogP contribution is -2.27. The molecule has 1 atom stereocenters. The zero-order valence-corrected chi connectivity index (χ0v) is 17.6. The Morgan fingerprint density at radius 3 is 2.64 bits per heavy atom. The molecule has 1 fully saturated rings. The fourth-order valence-electron chi connectivity index (χ4n) is 3.30. The number of hydrogen-bond donors (Lipinski definition) is 1. The van der Waals surface area contributed by atoms with E-state index in [9.17, 15) is 9.59 Å². The Morgan fingerprint density at radius 2 is 1.96 bits per heavy atom. The summed E-state index contributed by atoms with van der Waals surface area (Å²) >= 11 is 1.62. The fraction of sp³-hybridized carbons (Fsp3) is 0.391. The zero-order chi connectivity index (χ0) is 20.1. The van der Waals surface area contributed by atoms with Gasteiger partial charge in [-0.3, -0.25) is 14.5 Å². The van der Waals surface area contributed by atoms with Crippen LogP contribution in [0.1, 0.15) is 62.5 Å². The zero-order valence-electron chi connectivity index (χ0n) is 16.8. The molecule has 0 saturated carbocycles. The van der Waals surface area contributed by atoms with Crippen LogP contribution in [0.3, 0.4) is 0 Å². The number of anilines is 2. The number of rotatable bonds is 7. The van der Waals surface area contributed by atoms with E-state index < -0.39 is 0 Å². The number of carbonyl (C=O) groups is 2. The summed E-state index contributed by atoms with van der Waals surface area (Å²) in [4.78, 5) is 26.5. The second-order valence-corrected chi connectivity index (χ2v) is 8.52. The van der Waals surface area contributed by atoms with Crippen molar-refractivity contribution in [3.05, 3.63) is 59.7 Å². The number of carbonyl (C=O) groups excluding carboxylic acids is 2. The average molecular weight is 397 g/mol. The molecular weight excluding hydrogens is 368 g/mol. The number of nitrogens with one attached hydrogen (secondary N) is 1. The first-order valence-corrected chi connectivity index (χ1v) is 11.0. The number of hydrogen-bond acceptors (Lipinski definition) is 3. The summed E-state index contributed by atoms with van der Waals surface area (Å²) in [5, 5.41) is 2.90. The lowest BCUT2D eigenvalue weighted by molar-refractivity contribution is -0.116. The van der Waals surface area contributed by atoms with Crippen molar-refractivity contribution in [3.63, 3.8) is 0 Å². The van der Waals surface area contributed by atoms with E-state index in [0.29, 0.717) is 18.1 Å². The second kappa shape index (κ2) is 9.28. The molecule has 0 spiro atoms. The summed E-state index contributed by atoms with van der Waals surface area (Å²) in [6.45, 7) is 6.40. The van der Waals surface area contributed by atoms with E-state index in [0.717, 1.165) is 29.8 Å². The normalized spacial score (nSPS) is 16.6. The van der Waals surface area contributed by atoms with E-state index in [4.69, 9.17) is 0 Å². The van der Waals surface area contributed by atoms with Crippen LogP contribution in [0.15, 0.2) is 48.5 Å². The molecule has 1 N–H and O–H groups in total. The number of nitrogens with zero attached hydrogens (tertiary/aromatic N) is 1. The Labute approximate surface area is 171 Å². The van der Waals surface area contributed by atoms with Gasteiger partial charge in [0.1, 0.15) is 5.37 Å². The Balaban J connectivity index is 1.80. The van der Waals surface area contributed by atoms with Gasteiger partial charge in [-0.15, -0.1) is 11.8 Å². The van der Waals surface area contributed by atoms with E-state index in [2.05, 4.69) is 38.2 Å². The van der Waals surface area contributed by atoms with Gasteiger partial charge < -0.3 is 5.32 Å². The van der Waals surface area contributed by atoms with Crippen LogP contribution in [0.2, 0.25) is 0 Å². The first-order chi connectivity index (χ1) is 13.5. The third kappa shape index (κ3) is 4.76. The highest BCUT2D eigenvalue weighted by molar-refractivity contribution is 8.00. The van der Waals surface area contributed by atoms with Crippen LogP contribution in [-0.4, -0.2) is 17.6 Å². The number of unbranched alkanes of at least 4 members (excludes halogenated alkanes) is 1. The molecule has 0 unspecified atom stereocenters. The summed E-state index contributed by atoms with van der Waals surface area (Å²) < 4.78 is 0. The molecule has 148 valence electrons. The quantitative estimate of drug-likeness (QED) is 0.651. The highest BCUT2D eigenvalue weighted by Gasteiger charge is 2.34. The molecule has 2 aromatic carbocycles. The average Bonchev–Trinajstić information content (AvgIpc) is 3.08. The van der Waals surface area contributed by atoms with Crippen LogP contribution in [0, 0.1) is 0 Å². The van der Waals surface area contributed by atoms with Crippen LogP contribution in [-0.2, 0) is 9.59 Å². The summed E-state index contributed by atoms with van der Waals surface area (Å²) in [5.74, 6) is 1.07. The van der Waals surface area contributed by atoms with Gasteiger partial charge in [-0.05, 0) is 47.7 Å². The summed E-state index contributed by atoms with van der Waals surface area (Å²) in [7, 11) is 0. The number of benzene rings is 2. The van der Waals surface area contributed by atoms with Crippen molar-refractivity contribution in [1.82, 2.24) is 0 Å². The molecule has 0 radical (unpaired) electrons. The SMILES string of the molecule is CCCCC(=O)Nc1cccc([C@H]2SCC(=O)N2c2ccc(C(C)C)cc2)c1. The first kappa shape index (κ1) is 20.5. The Hall–Kier alpha value is -2.27. The predicted octanol–water partition coefficient (Wildman–Crippen LogP) is 5.72. The van der Waals surface area contributed by atoms with Gasteiger partial charge in [-0.2, -0.15) is 0 Å². The summed E-state index contributed by atoms with van der Waals surface area (Å²) in [5.41, 5.74) is 3.99. The van der Waals surface area contributed by atoms with Crippen LogP contribution in [0.4, 0.5) is 11.4 Å². The third-order valence-electron chi connectivity index (χ3n) is 4.92. The van der Waals surface area contributed by atoms with Crippen molar-refractivity contribution in [2.75, 3.05) is 16.0 Å². The maximum Gasteiger partial charge on any atom is 0.238 e. The van der Waals surface area contributed by atoms with Gasteiger partial charge >= 0.3 is 0 Å². The van der Waals surface area contributed by atoms with Crippen molar-refractivity contribution in [1.29, 1.82) is 0 Å². The molecule has 5 heteroatoms. The van der Waals surface area contributed by atoms with Crippen molar-refractivity contribution in [2.45, 2.75) is 51.3 Å². The minimum absolute atomic E-state index is 0.0373. The molecule has 1 heterocycles. The maximum atomic E-state index is 12.6. The molecule has 0 aromatic heterocycles.